The molecule has 1 heterocycles. The van der Waals surface area contributed by atoms with Crippen LogP contribution in [0.1, 0.15) is 24.8 Å². The van der Waals surface area contributed by atoms with Crippen molar-refractivity contribution in [2.24, 2.45) is 11.8 Å². The fourth-order valence-corrected chi connectivity index (χ4v) is 6.96. The summed E-state index contributed by atoms with van der Waals surface area (Å²) in [4.78, 5) is 23.9. The Balaban J connectivity index is 1.35. The van der Waals surface area contributed by atoms with Gasteiger partial charge in [0.15, 0.2) is 0 Å². The maximum atomic E-state index is 13.3. The summed E-state index contributed by atoms with van der Waals surface area (Å²) in [5.74, 6) is 0.0353. The van der Waals surface area contributed by atoms with Crippen LogP contribution in [0.2, 0.25) is 5.02 Å². The quantitative estimate of drug-likeness (QED) is 0.540. The van der Waals surface area contributed by atoms with E-state index >= 15 is 0 Å². The van der Waals surface area contributed by atoms with Crippen molar-refractivity contribution in [2.75, 3.05) is 18.4 Å². The van der Waals surface area contributed by atoms with Gasteiger partial charge in [-0.15, -0.1) is 0 Å². The molecule has 1 aliphatic carbocycles. The molecule has 1 saturated heterocycles. The highest BCUT2D eigenvalue weighted by atomic mass is 35.5. The fourth-order valence-electron chi connectivity index (χ4n) is 4.88. The van der Waals surface area contributed by atoms with Crippen molar-refractivity contribution in [1.29, 1.82) is 0 Å². The van der Waals surface area contributed by atoms with Crippen LogP contribution in [0.3, 0.4) is 0 Å². The largest absolute Gasteiger partial charge is 0.350 e. The first-order valence-electron chi connectivity index (χ1n) is 11.3. The van der Waals surface area contributed by atoms with Gasteiger partial charge in [0.2, 0.25) is 21.8 Å². The molecule has 9 heteroatoms. The van der Waals surface area contributed by atoms with E-state index in [1.165, 1.54) is 22.5 Å². The molecule has 2 aliphatic rings. The van der Waals surface area contributed by atoms with Gasteiger partial charge < -0.3 is 10.6 Å². The zero-order chi connectivity index (χ0) is 24.3. The Hall–Kier alpha value is -2.68. The third-order valence-electron chi connectivity index (χ3n) is 6.57. The van der Waals surface area contributed by atoms with E-state index in [-0.39, 0.29) is 39.6 Å². The number of nitrogens with one attached hydrogen (secondary N) is 2. The number of rotatable bonds is 8. The lowest BCUT2D eigenvalue weighted by Crippen LogP contribution is -2.35. The lowest BCUT2D eigenvalue weighted by molar-refractivity contribution is -0.117. The summed E-state index contributed by atoms with van der Waals surface area (Å²) < 4.78 is 28.0. The molecule has 2 atom stereocenters. The summed E-state index contributed by atoms with van der Waals surface area (Å²) in [6.07, 6.45) is 3.67. The van der Waals surface area contributed by atoms with Crippen molar-refractivity contribution in [3.8, 4) is 0 Å². The van der Waals surface area contributed by atoms with Gasteiger partial charge in [-0.3, -0.25) is 9.59 Å². The molecular weight excluding hydrogens is 474 g/mol. The van der Waals surface area contributed by atoms with Crippen LogP contribution in [0, 0.1) is 11.8 Å². The second-order valence-corrected chi connectivity index (χ2v) is 11.2. The van der Waals surface area contributed by atoms with Crippen LogP contribution in [-0.2, 0) is 26.0 Å². The van der Waals surface area contributed by atoms with E-state index < -0.39 is 10.0 Å². The first-order chi connectivity index (χ1) is 16.3. The highest BCUT2D eigenvalue weighted by Crippen LogP contribution is 2.41. The number of amides is 2. The molecule has 0 aromatic heterocycles. The molecule has 1 aliphatic heterocycles. The van der Waals surface area contributed by atoms with Crippen LogP contribution in [0.15, 0.2) is 66.1 Å². The van der Waals surface area contributed by atoms with Crippen molar-refractivity contribution in [1.82, 2.24) is 9.62 Å². The van der Waals surface area contributed by atoms with Crippen LogP contribution >= 0.6 is 11.6 Å². The van der Waals surface area contributed by atoms with Gasteiger partial charge in [-0.1, -0.05) is 48.5 Å². The molecule has 4 rings (SSSR count). The van der Waals surface area contributed by atoms with E-state index in [0.29, 0.717) is 31.6 Å². The summed E-state index contributed by atoms with van der Waals surface area (Å²) >= 11 is 6.35. The smallest absolute Gasteiger partial charge is 0.244 e. The molecule has 1 saturated carbocycles. The minimum Gasteiger partial charge on any atom is -0.350 e. The van der Waals surface area contributed by atoms with Crippen LogP contribution in [0.4, 0.5) is 5.69 Å². The van der Waals surface area contributed by atoms with Crippen molar-refractivity contribution in [2.45, 2.75) is 36.6 Å². The average Bonchev–Trinajstić information content (AvgIpc) is 3.37. The number of halogens is 1. The van der Waals surface area contributed by atoms with Crippen molar-refractivity contribution < 1.29 is 18.0 Å². The molecule has 2 fully saturated rings. The van der Waals surface area contributed by atoms with Crippen molar-refractivity contribution in [3.05, 3.63) is 71.8 Å². The number of nitrogens with zero attached hydrogens (tertiary/aromatic N) is 1. The summed E-state index contributed by atoms with van der Waals surface area (Å²) in [6.45, 7) is 4.28. The number of hydrogen-bond donors (Lipinski definition) is 2. The zero-order valence-electron chi connectivity index (χ0n) is 18.7. The van der Waals surface area contributed by atoms with Crippen molar-refractivity contribution >= 4 is 39.1 Å². The monoisotopic (exact) mass is 501 g/mol. The molecule has 34 heavy (non-hydrogen) atoms. The second kappa shape index (κ2) is 10.3. The van der Waals surface area contributed by atoms with Gasteiger partial charge in [-0.05, 0) is 60.9 Å². The summed E-state index contributed by atoms with van der Waals surface area (Å²) in [5.41, 5.74) is 1.53. The molecule has 2 unspecified atom stereocenters. The Bertz CT molecular complexity index is 1170. The van der Waals surface area contributed by atoms with Crippen LogP contribution in [0.25, 0.3) is 0 Å². The lowest BCUT2D eigenvalue weighted by atomic mass is 10.0. The number of aryl methyl sites for hydroxylation is 1. The number of carbonyl (C=O) groups is 2. The Labute approximate surface area is 205 Å². The predicted octanol–water partition coefficient (Wildman–Crippen LogP) is 3.61. The van der Waals surface area contributed by atoms with Gasteiger partial charge in [-0.25, -0.2) is 8.42 Å². The van der Waals surface area contributed by atoms with Crippen LogP contribution in [-0.4, -0.2) is 43.7 Å². The van der Waals surface area contributed by atoms with E-state index in [0.717, 1.165) is 18.4 Å². The van der Waals surface area contributed by atoms with E-state index in [1.807, 2.05) is 30.3 Å². The highest BCUT2D eigenvalue weighted by Gasteiger charge is 2.45. The van der Waals surface area contributed by atoms with Gasteiger partial charge in [0.1, 0.15) is 4.90 Å². The van der Waals surface area contributed by atoms with E-state index in [4.69, 9.17) is 11.6 Å². The molecule has 2 aromatic rings. The molecule has 0 bridgehead atoms. The number of fused-ring (bicyclic) bond motifs is 1. The van der Waals surface area contributed by atoms with Gasteiger partial charge >= 0.3 is 0 Å². The van der Waals surface area contributed by atoms with Gasteiger partial charge in [-0.2, -0.15) is 4.31 Å². The molecule has 7 nitrogen and oxygen atoms in total. The number of anilines is 1. The number of sulfonamides is 1. The molecule has 180 valence electrons. The fraction of sp³-hybridized carbons (Fsp3) is 0.360. The number of hydrogen-bond acceptors (Lipinski definition) is 4. The Morgan fingerprint density at radius 1 is 1.09 bits per heavy atom. The van der Waals surface area contributed by atoms with Gasteiger partial charge in [0.25, 0.3) is 0 Å². The topological polar surface area (TPSA) is 95.6 Å². The second-order valence-electron chi connectivity index (χ2n) is 8.90. The molecule has 0 spiro atoms. The molecule has 0 radical (unpaired) electrons. The summed E-state index contributed by atoms with van der Waals surface area (Å²) in [6, 6.07) is 14.3. The molecule has 2 amide bonds. The van der Waals surface area contributed by atoms with Gasteiger partial charge in [0, 0.05) is 31.2 Å². The highest BCUT2D eigenvalue weighted by molar-refractivity contribution is 7.89. The maximum Gasteiger partial charge on any atom is 0.244 e. The minimum absolute atomic E-state index is 0.0351. The molecular formula is C25H28ClN3O4S. The average molecular weight is 502 g/mol. The SMILES string of the molecule is C=CC(=O)NC1CC2CN(S(=O)(=O)c3ccc(NC(=O)CCc4ccccc4)cc3Cl)CC2C1. The molecule has 2 N–H and O–H groups in total. The predicted molar refractivity (Wildman–Crippen MR) is 132 cm³/mol. The normalized spacial score (nSPS) is 22.2. The standard InChI is InChI=1S/C25H28ClN3O4S/c1-2-24(30)28-21-12-18-15-29(16-19(18)13-21)34(32,33)23-10-9-20(14-22(23)26)27-25(31)11-8-17-6-4-3-5-7-17/h2-7,9-10,14,18-19,21H,1,8,11-13,15-16H2,(H,27,31)(H,28,30). The number of benzene rings is 2. The number of carbonyl (C=O) groups excluding carboxylic acids is 2. The zero-order valence-corrected chi connectivity index (χ0v) is 20.3. The Kier molecular flexibility index (Phi) is 7.40. The first kappa shape index (κ1) is 24.4. The Morgan fingerprint density at radius 3 is 2.38 bits per heavy atom. The van der Waals surface area contributed by atoms with Crippen LogP contribution in [0.5, 0.6) is 0 Å². The van der Waals surface area contributed by atoms with Crippen molar-refractivity contribution in [3.63, 3.8) is 0 Å². The first-order valence-corrected chi connectivity index (χ1v) is 13.1. The van der Waals surface area contributed by atoms with E-state index in [9.17, 15) is 18.0 Å². The Morgan fingerprint density at radius 2 is 1.76 bits per heavy atom. The summed E-state index contributed by atoms with van der Waals surface area (Å²) in [7, 11) is -3.76. The van der Waals surface area contributed by atoms with Gasteiger partial charge in [0.05, 0.1) is 5.02 Å². The lowest BCUT2D eigenvalue weighted by Gasteiger charge is -2.20. The molecule has 2 aromatic carbocycles. The van der Waals surface area contributed by atoms with E-state index in [2.05, 4.69) is 17.2 Å². The minimum atomic E-state index is -3.76. The van der Waals surface area contributed by atoms with E-state index in [1.54, 1.807) is 6.07 Å². The third-order valence-corrected chi connectivity index (χ3v) is 8.88. The third kappa shape index (κ3) is 5.51. The summed E-state index contributed by atoms with van der Waals surface area (Å²) in [5, 5.41) is 5.77. The van der Waals surface area contributed by atoms with Crippen LogP contribution < -0.4 is 10.6 Å². The maximum absolute atomic E-state index is 13.3.